The van der Waals surface area contributed by atoms with Crippen molar-refractivity contribution in [3.8, 4) is 22.9 Å². The van der Waals surface area contributed by atoms with Gasteiger partial charge in [-0.1, -0.05) is 18.2 Å². The summed E-state index contributed by atoms with van der Waals surface area (Å²) in [7, 11) is 1.67. The van der Waals surface area contributed by atoms with E-state index >= 15 is 0 Å². The van der Waals surface area contributed by atoms with E-state index in [1.165, 1.54) is 10.2 Å². The van der Waals surface area contributed by atoms with Gasteiger partial charge in [-0.05, 0) is 62.2 Å². The van der Waals surface area contributed by atoms with Crippen molar-refractivity contribution in [1.29, 1.82) is 0 Å². The van der Waals surface area contributed by atoms with Crippen LogP contribution in [0.4, 0.5) is 0 Å². The van der Waals surface area contributed by atoms with Crippen LogP contribution in [0.15, 0.2) is 35.3 Å². The minimum atomic E-state index is -1.01. The number of hydrogen-bond acceptors (Lipinski definition) is 7. The van der Waals surface area contributed by atoms with E-state index < -0.39 is 5.97 Å². The number of tetrazole rings is 1. The number of aromatic nitrogens is 4. The summed E-state index contributed by atoms with van der Waals surface area (Å²) in [6.45, 7) is 8.07. The van der Waals surface area contributed by atoms with Crippen molar-refractivity contribution < 1.29 is 50.4 Å². The zero-order valence-corrected chi connectivity index (χ0v) is 22.9. The van der Waals surface area contributed by atoms with Gasteiger partial charge in [-0.2, -0.15) is 0 Å². The van der Waals surface area contributed by atoms with Crippen LogP contribution in [0.3, 0.4) is 0 Å². The topological polar surface area (TPSA) is 112 Å². The first kappa shape index (κ1) is 25.3. The molecule has 0 atom stereocenters. The molecule has 0 radical (unpaired) electrons. The van der Waals surface area contributed by atoms with Gasteiger partial charge in [0.2, 0.25) is 0 Å². The van der Waals surface area contributed by atoms with Crippen molar-refractivity contribution in [3.05, 3.63) is 52.6 Å². The molecule has 1 N–H and O–H groups in total. The quantitative estimate of drug-likeness (QED) is 0.522. The maximum absolute atomic E-state index is 11.2. The zero-order valence-electron chi connectivity index (χ0n) is 21.9. The normalized spacial score (nSPS) is 16.9. The molecule has 0 fully saturated rings. The van der Waals surface area contributed by atoms with Crippen molar-refractivity contribution in [1.82, 2.24) is 20.2 Å². The molecule has 3 heterocycles. The molecule has 9 nitrogen and oxygen atoms in total. The van der Waals surface area contributed by atoms with Crippen molar-refractivity contribution >= 4 is 11.7 Å². The van der Waals surface area contributed by atoms with Crippen molar-refractivity contribution in [2.24, 2.45) is 4.99 Å². The summed E-state index contributed by atoms with van der Waals surface area (Å²) >= 11 is 0. The van der Waals surface area contributed by atoms with Crippen LogP contribution in [0.5, 0.6) is 11.5 Å². The van der Waals surface area contributed by atoms with Gasteiger partial charge >= 0.3 is 35.5 Å². The number of fused-ring (bicyclic) bond motifs is 3. The number of carbonyl (C=O) groups is 1. The van der Waals surface area contributed by atoms with Gasteiger partial charge in [0.15, 0.2) is 17.3 Å². The standard InChI is InChI=1S/C25H27N5O4.Na.H/c1-24(2)11-16-10-18(33-5)22-17(12-25(3,4)34-22)20(16)21(26-24)14-7-6-8-15(9-14)23-27-28-29-30(23)13-19(31)32;;/h6-10H,11-13H2,1-5H3,(H,31,32);;/q;+1;-1. The predicted molar refractivity (Wildman–Crippen MR) is 127 cm³/mol. The molecule has 0 spiro atoms. The van der Waals surface area contributed by atoms with Crippen molar-refractivity contribution in [3.63, 3.8) is 0 Å². The number of ether oxygens (including phenoxy) is 2. The monoisotopic (exact) mass is 485 g/mol. The molecule has 0 unspecified atom stereocenters. The number of carboxylic acid groups (broad SMARTS) is 1. The largest absolute Gasteiger partial charge is 1.00 e. The fourth-order valence-corrected chi connectivity index (χ4v) is 4.88. The van der Waals surface area contributed by atoms with Gasteiger partial charge in [0.25, 0.3) is 0 Å². The fourth-order valence-electron chi connectivity index (χ4n) is 4.88. The Labute approximate surface area is 227 Å². The number of carboxylic acids is 1. The molecule has 5 rings (SSSR count). The molecule has 0 bridgehead atoms. The van der Waals surface area contributed by atoms with Crippen LogP contribution in [-0.2, 0) is 24.2 Å². The zero-order chi connectivity index (χ0) is 24.3. The Hall–Kier alpha value is -2.75. The third-order valence-corrected chi connectivity index (χ3v) is 6.11. The first-order chi connectivity index (χ1) is 16.1. The molecule has 0 aliphatic carbocycles. The third-order valence-electron chi connectivity index (χ3n) is 6.11. The summed E-state index contributed by atoms with van der Waals surface area (Å²) in [5, 5.41) is 20.8. The molecule has 0 saturated carbocycles. The van der Waals surface area contributed by atoms with E-state index in [2.05, 4.69) is 49.3 Å². The molecule has 0 amide bonds. The minimum absolute atomic E-state index is 0. The Morgan fingerprint density at radius 1 is 1.20 bits per heavy atom. The number of aliphatic imine (C=N–C) groups is 1. The smallest absolute Gasteiger partial charge is 1.00 e. The molecule has 1 aromatic heterocycles. The van der Waals surface area contributed by atoms with E-state index in [0.29, 0.717) is 5.82 Å². The summed E-state index contributed by atoms with van der Waals surface area (Å²) in [6, 6.07) is 9.83. The van der Waals surface area contributed by atoms with Crippen LogP contribution in [-0.4, -0.2) is 55.2 Å². The summed E-state index contributed by atoms with van der Waals surface area (Å²) < 4.78 is 13.3. The van der Waals surface area contributed by atoms with Crippen LogP contribution in [0.25, 0.3) is 11.4 Å². The first-order valence-corrected chi connectivity index (χ1v) is 11.2. The van der Waals surface area contributed by atoms with E-state index in [4.69, 9.17) is 14.5 Å². The van der Waals surface area contributed by atoms with Crippen LogP contribution in [0.1, 0.15) is 51.4 Å². The Kier molecular flexibility index (Phi) is 6.54. The van der Waals surface area contributed by atoms with Gasteiger partial charge in [-0.25, -0.2) is 4.68 Å². The Morgan fingerprint density at radius 3 is 2.66 bits per heavy atom. The van der Waals surface area contributed by atoms with E-state index in [-0.39, 0.29) is 48.7 Å². The second-order valence-electron chi connectivity index (χ2n) is 10.0. The number of nitrogens with zero attached hydrogens (tertiary/aromatic N) is 5. The molecule has 0 saturated heterocycles. The van der Waals surface area contributed by atoms with E-state index in [9.17, 15) is 9.90 Å². The predicted octanol–water partition coefficient (Wildman–Crippen LogP) is 0.435. The van der Waals surface area contributed by atoms with Gasteiger partial charge in [0.05, 0.1) is 18.4 Å². The molecule has 2 aromatic carbocycles. The van der Waals surface area contributed by atoms with Crippen LogP contribution >= 0.6 is 0 Å². The van der Waals surface area contributed by atoms with Gasteiger partial charge in [0, 0.05) is 28.7 Å². The number of methoxy groups -OCH3 is 1. The summed E-state index contributed by atoms with van der Waals surface area (Å²) in [4.78, 5) is 16.4. The van der Waals surface area contributed by atoms with Crippen LogP contribution in [0.2, 0.25) is 0 Å². The van der Waals surface area contributed by atoms with Gasteiger partial charge in [-0.3, -0.25) is 9.79 Å². The first-order valence-electron chi connectivity index (χ1n) is 11.2. The van der Waals surface area contributed by atoms with Crippen LogP contribution in [0, 0.1) is 0 Å². The minimum Gasteiger partial charge on any atom is -1.00 e. The van der Waals surface area contributed by atoms with E-state index in [1.807, 2.05) is 24.3 Å². The third kappa shape index (κ3) is 4.72. The summed E-state index contributed by atoms with van der Waals surface area (Å²) in [6.07, 6.45) is 1.53. The molecule has 178 valence electrons. The SMILES string of the molecule is COc1cc2c(c3c1OC(C)(C)C3)C(c1cccc(-c3nnnn3CC(=O)O)c1)=NC(C)(C)C2.[H-].[Na+]. The molecular formula is C25H28N5NaO4. The molecule has 2 aliphatic heterocycles. The Morgan fingerprint density at radius 2 is 1.94 bits per heavy atom. The molecule has 35 heavy (non-hydrogen) atoms. The van der Waals surface area contributed by atoms with Gasteiger partial charge in [-0.15, -0.1) is 5.10 Å². The average molecular weight is 486 g/mol. The van der Waals surface area contributed by atoms with Gasteiger partial charge < -0.3 is 16.0 Å². The van der Waals surface area contributed by atoms with E-state index in [1.54, 1.807) is 7.11 Å². The Balaban J connectivity index is 0.00000180. The average Bonchev–Trinajstić information content (AvgIpc) is 3.34. The van der Waals surface area contributed by atoms with E-state index in [0.717, 1.165) is 52.3 Å². The maximum Gasteiger partial charge on any atom is 1.00 e. The number of aliphatic carboxylic acids is 1. The summed E-state index contributed by atoms with van der Waals surface area (Å²) in [5.41, 5.74) is 5.23. The number of benzene rings is 2. The fraction of sp³-hybridized carbons (Fsp3) is 0.400. The van der Waals surface area contributed by atoms with Crippen molar-refractivity contribution in [2.75, 3.05) is 7.11 Å². The Bertz CT molecular complexity index is 1350. The second kappa shape index (κ2) is 9.04. The maximum atomic E-state index is 11.2. The molecule has 2 aliphatic rings. The van der Waals surface area contributed by atoms with Crippen molar-refractivity contribution in [2.45, 2.75) is 58.2 Å². The molecule has 3 aromatic rings. The molecular weight excluding hydrogens is 457 g/mol. The number of rotatable bonds is 5. The summed E-state index contributed by atoms with van der Waals surface area (Å²) in [5.74, 6) is 0.909. The van der Waals surface area contributed by atoms with Gasteiger partial charge in [0.1, 0.15) is 12.1 Å². The number of hydrogen-bond donors (Lipinski definition) is 1. The second-order valence-corrected chi connectivity index (χ2v) is 10.0. The molecule has 10 heteroatoms. The van der Waals surface area contributed by atoms with Crippen LogP contribution < -0.4 is 39.0 Å².